The van der Waals surface area contributed by atoms with E-state index in [1.807, 2.05) is 0 Å². The van der Waals surface area contributed by atoms with E-state index in [9.17, 15) is 0 Å². The summed E-state index contributed by atoms with van der Waals surface area (Å²) in [4.78, 5) is 0. The first-order valence-corrected chi connectivity index (χ1v) is 3.53. The Morgan fingerprint density at radius 1 is 1.44 bits per heavy atom. The molecule has 1 atom stereocenters. The predicted octanol–water partition coefficient (Wildman–Crippen LogP) is 1.10. The molecule has 0 aliphatic carbocycles. The van der Waals surface area contributed by atoms with Gasteiger partial charge in [0.15, 0.2) is 0 Å². The highest BCUT2D eigenvalue weighted by Gasteiger charge is 2.29. The normalized spacial score (nSPS) is 15.7. The van der Waals surface area contributed by atoms with Crippen molar-refractivity contribution in [2.24, 2.45) is 0 Å². The first kappa shape index (κ1) is 9.79. The fourth-order valence-electron chi connectivity index (χ4n) is 0.287. The zero-order chi connectivity index (χ0) is 7.49. The zero-order valence-corrected chi connectivity index (χ0v) is 6.79. The third-order valence-electron chi connectivity index (χ3n) is 0.759. The van der Waals surface area contributed by atoms with Gasteiger partial charge in [0.1, 0.15) is 0 Å². The molecule has 0 amide bonds. The minimum Gasteiger partial charge on any atom is -0.396 e. The maximum Gasteiger partial charge on any atom is 0.231 e. The van der Waals surface area contributed by atoms with E-state index in [2.05, 4.69) is 0 Å². The minimum absolute atomic E-state index is 0.143. The van der Waals surface area contributed by atoms with E-state index >= 15 is 0 Å². The van der Waals surface area contributed by atoms with Crippen molar-refractivity contribution in [3.05, 3.63) is 0 Å². The van der Waals surface area contributed by atoms with Crippen LogP contribution in [0.25, 0.3) is 0 Å². The van der Waals surface area contributed by atoms with Crippen LogP contribution in [0, 0.1) is 0 Å². The Morgan fingerprint density at radius 3 is 2.00 bits per heavy atom. The summed E-state index contributed by atoms with van der Waals surface area (Å²) >= 11 is 15.7. The number of hydrogen-bond acceptors (Lipinski definition) is 2. The largest absolute Gasteiger partial charge is 0.396 e. The molecule has 0 saturated heterocycles. The quantitative estimate of drug-likeness (QED) is 0.659. The number of aliphatic hydroxyl groups excluding tert-OH is 1. The standard InChI is InChI=1S/C4H7Cl3O2/c5-3(1-2-8)4(6,7)9/h3,8-9H,1-2H2. The molecule has 0 heterocycles. The lowest BCUT2D eigenvalue weighted by Crippen LogP contribution is -2.26. The highest BCUT2D eigenvalue weighted by atomic mass is 35.5. The second kappa shape index (κ2) is 3.84. The van der Waals surface area contributed by atoms with E-state index in [1.165, 1.54) is 0 Å². The van der Waals surface area contributed by atoms with Gasteiger partial charge in [0.05, 0.1) is 5.38 Å². The van der Waals surface area contributed by atoms with Crippen molar-refractivity contribution >= 4 is 34.8 Å². The summed E-state index contributed by atoms with van der Waals surface area (Å²) in [6.45, 7) is -0.143. The summed E-state index contributed by atoms with van der Waals surface area (Å²) in [5.74, 6) is 0. The summed E-state index contributed by atoms with van der Waals surface area (Å²) in [5, 5.41) is 16.2. The topological polar surface area (TPSA) is 40.5 Å². The van der Waals surface area contributed by atoms with E-state index in [1.54, 1.807) is 0 Å². The van der Waals surface area contributed by atoms with Gasteiger partial charge in [0, 0.05) is 6.61 Å². The van der Waals surface area contributed by atoms with Gasteiger partial charge in [0.25, 0.3) is 0 Å². The molecule has 0 aliphatic rings. The van der Waals surface area contributed by atoms with Crippen LogP contribution in [0.1, 0.15) is 6.42 Å². The Bertz CT molecular complexity index is 80.4. The fraction of sp³-hybridized carbons (Fsp3) is 1.00. The summed E-state index contributed by atoms with van der Waals surface area (Å²) in [7, 11) is 0. The SMILES string of the molecule is OCCC(Cl)C(O)(Cl)Cl. The summed E-state index contributed by atoms with van der Waals surface area (Å²) < 4.78 is -1.94. The molecule has 0 spiro atoms. The monoisotopic (exact) mass is 192 g/mol. The molecule has 0 aromatic carbocycles. The highest BCUT2D eigenvalue weighted by Crippen LogP contribution is 2.27. The van der Waals surface area contributed by atoms with Gasteiger partial charge in [-0.3, -0.25) is 0 Å². The first-order valence-electron chi connectivity index (χ1n) is 2.33. The van der Waals surface area contributed by atoms with Crippen molar-refractivity contribution in [3.8, 4) is 0 Å². The van der Waals surface area contributed by atoms with E-state index < -0.39 is 9.90 Å². The molecule has 0 aromatic rings. The number of aliphatic hydroxyl groups is 2. The van der Waals surface area contributed by atoms with Gasteiger partial charge >= 0.3 is 0 Å². The van der Waals surface area contributed by atoms with Crippen molar-refractivity contribution in [1.29, 1.82) is 0 Å². The molecule has 2 nitrogen and oxygen atoms in total. The third kappa shape index (κ3) is 4.23. The van der Waals surface area contributed by atoms with E-state index in [4.69, 9.17) is 45.0 Å². The molecule has 1 unspecified atom stereocenters. The van der Waals surface area contributed by atoms with Crippen LogP contribution >= 0.6 is 34.8 Å². The minimum atomic E-state index is -1.94. The Hall–Kier alpha value is 0.790. The van der Waals surface area contributed by atoms with Gasteiger partial charge in [-0.2, -0.15) is 0 Å². The highest BCUT2D eigenvalue weighted by molar-refractivity contribution is 6.50. The predicted molar refractivity (Wildman–Crippen MR) is 38.0 cm³/mol. The molecule has 0 rings (SSSR count). The van der Waals surface area contributed by atoms with Crippen molar-refractivity contribution in [2.45, 2.75) is 16.3 Å². The molecule has 9 heavy (non-hydrogen) atoms. The average Bonchev–Trinajstić information content (AvgIpc) is 1.64. The van der Waals surface area contributed by atoms with Crippen molar-refractivity contribution in [1.82, 2.24) is 0 Å². The van der Waals surface area contributed by atoms with Gasteiger partial charge in [-0.1, -0.05) is 23.2 Å². The lowest BCUT2D eigenvalue weighted by molar-refractivity contribution is 0.187. The van der Waals surface area contributed by atoms with Crippen molar-refractivity contribution in [3.63, 3.8) is 0 Å². The molecule has 0 aliphatic heterocycles. The smallest absolute Gasteiger partial charge is 0.231 e. The molecule has 0 radical (unpaired) electrons. The molecule has 0 saturated carbocycles. The van der Waals surface area contributed by atoms with Crippen molar-refractivity contribution in [2.75, 3.05) is 6.61 Å². The maximum atomic E-state index is 8.71. The number of alkyl halides is 3. The molecular formula is C4H7Cl3O2. The van der Waals surface area contributed by atoms with Crippen molar-refractivity contribution < 1.29 is 10.2 Å². The van der Waals surface area contributed by atoms with Gasteiger partial charge in [-0.05, 0) is 6.42 Å². The average molecular weight is 193 g/mol. The van der Waals surface area contributed by atoms with Crippen LogP contribution in [-0.2, 0) is 0 Å². The molecular weight excluding hydrogens is 186 g/mol. The van der Waals surface area contributed by atoms with E-state index in [0.717, 1.165) is 0 Å². The van der Waals surface area contributed by atoms with Gasteiger partial charge in [0.2, 0.25) is 4.52 Å². The Morgan fingerprint density at radius 2 is 1.89 bits per heavy atom. The van der Waals surface area contributed by atoms with Crippen LogP contribution in [0.3, 0.4) is 0 Å². The van der Waals surface area contributed by atoms with Gasteiger partial charge in [-0.25, -0.2) is 0 Å². The summed E-state index contributed by atoms with van der Waals surface area (Å²) in [5.41, 5.74) is 0. The van der Waals surface area contributed by atoms with Gasteiger partial charge in [-0.15, -0.1) is 11.6 Å². The van der Waals surface area contributed by atoms with Crippen LogP contribution < -0.4 is 0 Å². The molecule has 2 N–H and O–H groups in total. The van der Waals surface area contributed by atoms with Crippen LogP contribution in [0.2, 0.25) is 0 Å². The lowest BCUT2D eigenvalue weighted by Gasteiger charge is -2.16. The third-order valence-corrected chi connectivity index (χ3v) is 2.04. The van der Waals surface area contributed by atoms with Crippen LogP contribution in [-0.4, -0.2) is 26.7 Å². The fourth-order valence-corrected chi connectivity index (χ4v) is 0.603. The second-order valence-electron chi connectivity index (χ2n) is 1.57. The Labute approximate surface area is 68.3 Å². The number of hydrogen-bond donors (Lipinski definition) is 2. The first-order chi connectivity index (χ1) is 3.98. The summed E-state index contributed by atoms with van der Waals surface area (Å²) in [6, 6.07) is 0. The second-order valence-corrected chi connectivity index (χ2v) is 3.44. The molecule has 0 fully saturated rings. The Kier molecular flexibility index (Phi) is 4.17. The number of rotatable bonds is 3. The molecule has 56 valence electrons. The lowest BCUT2D eigenvalue weighted by atomic mass is 10.3. The van der Waals surface area contributed by atoms with Gasteiger partial charge < -0.3 is 10.2 Å². The van der Waals surface area contributed by atoms with E-state index in [-0.39, 0.29) is 13.0 Å². The molecule has 0 aromatic heterocycles. The van der Waals surface area contributed by atoms with Crippen LogP contribution in [0.4, 0.5) is 0 Å². The van der Waals surface area contributed by atoms with E-state index in [0.29, 0.717) is 0 Å². The zero-order valence-electron chi connectivity index (χ0n) is 4.52. The number of halogens is 3. The molecule has 0 bridgehead atoms. The summed E-state index contributed by atoms with van der Waals surface area (Å²) in [6.07, 6.45) is 0.172. The maximum absolute atomic E-state index is 8.71. The molecule has 5 heteroatoms. The Balaban J connectivity index is 3.59. The van der Waals surface area contributed by atoms with Crippen LogP contribution in [0.15, 0.2) is 0 Å². The van der Waals surface area contributed by atoms with Crippen LogP contribution in [0.5, 0.6) is 0 Å².